The number of hydrogen-bond acceptors (Lipinski definition) is 5. The van der Waals surface area contributed by atoms with E-state index in [0.717, 1.165) is 42.6 Å². The van der Waals surface area contributed by atoms with Crippen LogP contribution in [0.1, 0.15) is 111 Å². The Hall–Kier alpha value is -3.15. The summed E-state index contributed by atoms with van der Waals surface area (Å²) in [6.45, 7) is 17.4. The van der Waals surface area contributed by atoms with E-state index in [9.17, 15) is 15.0 Å². The van der Waals surface area contributed by atoms with Crippen LogP contribution in [0.15, 0.2) is 60.7 Å². The standard InChI is InChI=1S/C44H64O5/c1-9-11-12-13-34-14-16-36(17-15-34)37-18-20-40(35(10-2)28-37)38-19-21-41(39(29-38)22-26-49-42(47)33(5)32(3)4)48-27-25-44(30-45,31-46)24-23-43(6,7)8/h14-21,28-29,32-33,45-46H,9-13,22-27,30-31H2,1-8H3. The lowest BCUT2D eigenvalue weighted by Crippen LogP contribution is -2.33. The van der Waals surface area contributed by atoms with Crippen molar-refractivity contribution in [3.05, 3.63) is 77.4 Å². The number of hydrogen-bond donors (Lipinski definition) is 2. The summed E-state index contributed by atoms with van der Waals surface area (Å²) in [6.07, 6.45) is 8.46. The third kappa shape index (κ3) is 12.3. The lowest BCUT2D eigenvalue weighted by atomic mass is 9.76. The molecule has 0 spiro atoms. The van der Waals surface area contributed by atoms with Crippen LogP contribution in [0.5, 0.6) is 5.75 Å². The van der Waals surface area contributed by atoms with Gasteiger partial charge in [0.15, 0.2) is 0 Å². The van der Waals surface area contributed by atoms with Gasteiger partial charge in [0.1, 0.15) is 5.75 Å². The monoisotopic (exact) mass is 672 g/mol. The molecule has 0 saturated carbocycles. The number of esters is 1. The van der Waals surface area contributed by atoms with Crippen molar-refractivity contribution in [1.82, 2.24) is 0 Å². The van der Waals surface area contributed by atoms with Gasteiger partial charge in [-0.1, -0.05) is 117 Å². The zero-order valence-electron chi connectivity index (χ0n) is 31.7. The molecule has 1 unspecified atom stereocenters. The Morgan fingerprint density at radius 3 is 2.00 bits per heavy atom. The van der Waals surface area contributed by atoms with Crippen molar-refractivity contribution < 1.29 is 24.5 Å². The quantitative estimate of drug-likeness (QED) is 0.0923. The maximum atomic E-state index is 12.6. The second-order valence-corrected chi connectivity index (χ2v) is 15.6. The van der Waals surface area contributed by atoms with Crippen molar-refractivity contribution >= 4 is 5.97 Å². The highest BCUT2D eigenvalue weighted by Gasteiger charge is 2.30. The van der Waals surface area contributed by atoms with Gasteiger partial charge in [0, 0.05) is 11.8 Å². The van der Waals surface area contributed by atoms with Gasteiger partial charge in [0.05, 0.1) is 32.3 Å². The van der Waals surface area contributed by atoms with Crippen LogP contribution >= 0.6 is 0 Å². The number of carbonyl (C=O) groups excluding carboxylic acids is 1. The average Bonchev–Trinajstić information content (AvgIpc) is 3.09. The van der Waals surface area contributed by atoms with Crippen LogP contribution in [0.4, 0.5) is 0 Å². The van der Waals surface area contributed by atoms with Crippen molar-refractivity contribution in [2.75, 3.05) is 26.4 Å². The molecule has 49 heavy (non-hydrogen) atoms. The van der Waals surface area contributed by atoms with Crippen molar-refractivity contribution in [3.8, 4) is 28.0 Å². The lowest BCUT2D eigenvalue weighted by molar-refractivity contribution is -0.149. The number of aliphatic hydroxyl groups is 2. The average molecular weight is 673 g/mol. The highest BCUT2D eigenvalue weighted by molar-refractivity contribution is 5.75. The number of ether oxygens (including phenoxy) is 2. The lowest BCUT2D eigenvalue weighted by Gasteiger charge is -2.32. The first-order valence-electron chi connectivity index (χ1n) is 18.7. The Balaban J connectivity index is 1.86. The van der Waals surface area contributed by atoms with E-state index >= 15 is 0 Å². The van der Waals surface area contributed by atoms with Gasteiger partial charge in [0.2, 0.25) is 0 Å². The molecule has 0 bridgehead atoms. The minimum absolute atomic E-state index is 0.0857. The second kappa shape index (κ2) is 19.3. The fourth-order valence-corrected chi connectivity index (χ4v) is 6.05. The molecule has 3 rings (SSSR count). The van der Waals surface area contributed by atoms with Gasteiger partial charge >= 0.3 is 5.97 Å². The molecule has 5 heteroatoms. The summed E-state index contributed by atoms with van der Waals surface area (Å²) in [5.41, 5.74) is 7.89. The minimum Gasteiger partial charge on any atom is -0.493 e. The number of unbranched alkanes of at least 4 members (excludes halogenated alkanes) is 2. The largest absolute Gasteiger partial charge is 0.493 e. The maximum Gasteiger partial charge on any atom is 0.308 e. The van der Waals surface area contributed by atoms with Crippen molar-refractivity contribution in [3.63, 3.8) is 0 Å². The predicted molar refractivity (Wildman–Crippen MR) is 204 cm³/mol. The first-order valence-corrected chi connectivity index (χ1v) is 18.7. The molecular formula is C44H64O5. The van der Waals surface area contributed by atoms with Crippen LogP contribution in [0.2, 0.25) is 0 Å². The smallest absolute Gasteiger partial charge is 0.308 e. The molecule has 0 radical (unpaired) electrons. The van der Waals surface area contributed by atoms with Crippen molar-refractivity contribution in [2.45, 2.75) is 113 Å². The molecule has 5 nitrogen and oxygen atoms in total. The number of aryl methyl sites for hydroxylation is 2. The van der Waals surface area contributed by atoms with E-state index < -0.39 is 5.41 Å². The maximum absolute atomic E-state index is 12.6. The first kappa shape index (κ1) is 40.3. The number of carbonyl (C=O) groups is 1. The summed E-state index contributed by atoms with van der Waals surface area (Å²) in [4.78, 5) is 12.6. The summed E-state index contributed by atoms with van der Waals surface area (Å²) in [6, 6.07) is 22.0. The highest BCUT2D eigenvalue weighted by Crippen LogP contribution is 2.36. The molecule has 0 aliphatic carbocycles. The van der Waals surface area contributed by atoms with Crippen LogP contribution in [-0.4, -0.2) is 42.6 Å². The summed E-state index contributed by atoms with van der Waals surface area (Å²) in [5.74, 6) is 0.612. The SMILES string of the molecule is CCCCCc1ccc(-c2ccc(-c3ccc(OCCC(CO)(CO)CCC(C)(C)C)c(CCOC(=O)C(C)C(C)C)c3)c(CC)c2)cc1. The third-order valence-electron chi connectivity index (χ3n) is 10.2. The molecule has 0 aliphatic heterocycles. The third-order valence-corrected chi connectivity index (χ3v) is 10.2. The topological polar surface area (TPSA) is 76.0 Å². The Bertz CT molecular complexity index is 1430. The normalized spacial score (nSPS) is 12.7. The van der Waals surface area contributed by atoms with Gasteiger partial charge in [0.25, 0.3) is 0 Å². The van der Waals surface area contributed by atoms with Crippen LogP contribution in [-0.2, 0) is 28.8 Å². The Morgan fingerprint density at radius 1 is 0.735 bits per heavy atom. The number of rotatable bonds is 20. The first-order chi connectivity index (χ1) is 23.3. The van der Waals surface area contributed by atoms with Gasteiger partial charge < -0.3 is 19.7 Å². The minimum atomic E-state index is -0.594. The Labute approximate surface area is 297 Å². The van der Waals surface area contributed by atoms with Crippen LogP contribution in [0.25, 0.3) is 22.3 Å². The molecule has 0 saturated heterocycles. The molecule has 270 valence electrons. The van der Waals surface area contributed by atoms with Crippen molar-refractivity contribution in [2.24, 2.45) is 22.7 Å². The Morgan fingerprint density at radius 2 is 1.39 bits per heavy atom. The van der Waals surface area contributed by atoms with Gasteiger partial charge in [-0.2, -0.15) is 0 Å². The van der Waals surface area contributed by atoms with E-state index in [1.165, 1.54) is 47.1 Å². The van der Waals surface area contributed by atoms with Crippen molar-refractivity contribution in [1.29, 1.82) is 0 Å². The highest BCUT2D eigenvalue weighted by atomic mass is 16.5. The summed E-state index contributed by atoms with van der Waals surface area (Å²) in [5, 5.41) is 20.5. The van der Waals surface area contributed by atoms with Gasteiger partial charge in [-0.25, -0.2) is 0 Å². The van der Waals surface area contributed by atoms with E-state index in [1.54, 1.807) is 0 Å². The molecule has 2 N–H and O–H groups in total. The fraction of sp³-hybridized carbons (Fsp3) is 0.568. The van der Waals surface area contributed by atoms with Gasteiger partial charge in [-0.05, 0) is 101 Å². The Kier molecular flexibility index (Phi) is 15.9. The summed E-state index contributed by atoms with van der Waals surface area (Å²) in [7, 11) is 0. The van der Waals surface area contributed by atoms with Gasteiger partial charge in [-0.15, -0.1) is 0 Å². The molecule has 0 amide bonds. The molecule has 3 aromatic rings. The molecule has 3 aromatic carbocycles. The molecule has 1 atom stereocenters. The fourth-order valence-electron chi connectivity index (χ4n) is 6.05. The zero-order chi connectivity index (χ0) is 36.0. The van der Waals surface area contributed by atoms with Gasteiger partial charge in [-0.3, -0.25) is 4.79 Å². The molecule has 0 heterocycles. The van der Waals surface area contributed by atoms with E-state index in [1.807, 2.05) is 26.8 Å². The second-order valence-electron chi connectivity index (χ2n) is 15.6. The number of aliphatic hydroxyl groups excluding tert-OH is 2. The summed E-state index contributed by atoms with van der Waals surface area (Å²) < 4.78 is 12.1. The van der Waals surface area contributed by atoms with E-state index in [4.69, 9.17) is 9.47 Å². The molecule has 0 aliphatic rings. The molecular weight excluding hydrogens is 608 g/mol. The van der Waals surface area contributed by atoms with Crippen LogP contribution in [0.3, 0.4) is 0 Å². The zero-order valence-corrected chi connectivity index (χ0v) is 31.7. The number of benzene rings is 3. The predicted octanol–water partition coefficient (Wildman–Crippen LogP) is 10.3. The van der Waals surface area contributed by atoms with Crippen LogP contribution < -0.4 is 4.74 Å². The van der Waals surface area contributed by atoms with E-state index in [-0.39, 0.29) is 43.0 Å². The van der Waals surface area contributed by atoms with E-state index in [0.29, 0.717) is 19.4 Å². The van der Waals surface area contributed by atoms with E-state index in [2.05, 4.69) is 89.2 Å². The van der Waals surface area contributed by atoms with Crippen LogP contribution in [0, 0.1) is 22.7 Å². The molecule has 0 fully saturated rings. The molecule has 0 aromatic heterocycles. The summed E-state index contributed by atoms with van der Waals surface area (Å²) >= 11 is 0.